The number of benzene rings is 2. The third-order valence-electron chi connectivity index (χ3n) is 5.57. The zero-order valence-electron chi connectivity index (χ0n) is 16.1. The smallest absolute Gasteiger partial charge is 0.261 e. The second-order valence-electron chi connectivity index (χ2n) is 7.62. The number of fused-ring (bicyclic) bond motifs is 1. The lowest BCUT2D eigenvalue weighted by Gasteiger charge is -2.40. The van der Waals surface area contributed by atoms with Gasteiger partial charge in [0.2, 0.25) is 0 Å². The van der Waals surface area contributed by atoms with Gasteiger partial charge in [-0.25, -0.2) is 4.98 Å². The minimum Gasteiger partial charge on any atom is -0.388 e. The molecule has 0 aliphatic carbocycles. The van der Waals surface area contributed by atoms with E-state index in [9.17, 15) is 14.7 Å². The molecule has 4 rings (SSSR count). The van der Waals surface area contributed by atoms with Gasteiger partial charge in [-0.15, -0.1) is 0 Å². The molecule has 2 aromatic carbocycles. The Labute approximate surface area is 173 Å². The number of rotatable bonds is 4. The molecule has 29 heavy (non-hydrogen) atoms. The molecule has 0 unspecified atom stereocenters. The first-order valence-corrected chi connectivity index (χ1v) is 9.96. The minimum absolute atomic E-state index is 0.0235. The summed E-state index contributed by atoms with van der Waals surface area (Å²) in [5.74, 6) is 0.0235. The van der Waals surface area contributed by atoms with Crippen molar-refractivity contribution < 1.29 is 9.90 Å². The molecule has 3 aromatic rings. The average Bonchev–Trinajstić information content (AvgIpc) is 2.70. The van der Waals surface area contributed by atoms with E-state index in [1.54, 1.807) is 25.1 Å². The van der Waals surface area contributed by atoms with Crippen molar-refractivity contribution in [3.05, 3.63) is 69.7 Å². The maximum Gasteiger partial charge on any atom is 0.261 e. The quantitative estimate of drug-likeness (QED) is 0.667. The van der Waals surface area contributed by atoms with Gasteiger partial charge in [-0.1, -0.05) is 23.7 Å². The van der Waals surface area contributed by atoms with Crippen molar-refractivity contribution in [1.82, 2.24) is 9.55 Å². The fraction of sp³-hybridized carbons (Fsp3) is 0.318. The van der Waals surface area contributed by atoms with Crippen LogP contribution < -0.4 is 10.5 Å². The molecule has 1 aromatic heterocycles. The summed E-state index contributed by atoms with van der Waals surface area (Å²) in [6, 6.07) is 12.5. The number of aromatic nitrogens is 2. The number of carbonyl (C=O) groups excluding carboxylic acids is 1. The maximum absolute atomic E-state index is 12.8. The highest BCUT2D eigenvalue weighted by molar-refractivity contribution is 6.31. The van der Waals surface area contributed by atoms with Gasteiger partial charge in [0.05, 0.1) is 29.4 Å². The largest absolute Gasteiger partial charge is 0.388 e. The van der Waals surface area contributed by atoms with E-state index in [0.717, 1.165) is 5.69 Å². The summed E-state index contributed by atoms with van der Waals surface area (Å²) in [5, 5.41) is 12.1. The lowest BCUT2D eigenvalue weighted by Crippen LogP contribution is -2.48. The number of ketones is 1. The molecule has 7 heteroatoms. The highest BCUT2D eigenvalue weighted by atomic mass is 35.5. The number of hydrogen-bond acceptors (Lipinski definition) is 5. The van der Waals surface area contributed by atoms with Gasteiger partial charge in [0, 0.05) is 29.4 Å². The molecule has 1 aliphatic rings. The molecule has 0 atom stereocenters. The van der Waals surface area contributed by atoms with Crippen LogP contribution in [0.4, 0.5) is 5.69 Å². The summed E-state index contributed by atoms with van der Waals surface area (Å²) in [5.41, 5.74) is 0.925. The number of halogens is 1. The zero-order chi connectivity index (χ0) is 20.6. The van der Waals surface area contributed by atoms with Gasteiger partial charge in [0.25, 0.3) is 5.56 Å². The minimum atomic E-state index is -1.01. The number of para-hydroxylation sites is 1. The van der Waals surface area contributed by atoms with E-state index in [1.807, 2.05) is 24.3 Å². The highest BCUT2D eigenvalue weighted by Gasteiger charge is 2.34. The Balaban J connectivity index is 1.53. The predicted molar refractivity (Wildman–Crippen MR) is 114 cm³/mol. The Morgan fingerprint density at radius 3 is 2.66 bits per heavy atom. The molecule has 2 heterocycles. The molecule has 6 nitrogen and oxygen atoms in total. The fourth-order valence-electron chi connectivity index (χ4n) is 3.93. The molecular weight excluding hydrogens is 390 g/mol. The number of piperidine rings is 1. The van der Waals surface area contributed by atoms with Crippen LogP contribution in [0.3, 0.4) is 0 Å². The number of hydrogen-bond donors (Lipinski definition) is 1. The average molecular weight is 412 g/mol. The Hall–Kier alpha value is -2.70. The normalized spacial score (nSPS) is 16.2. The second-order valence-corrected chi connectivity index (χ2v) is 8.06. The number of nitrogens with zero attached hydrogens (tertiary/aromatic N) is 3. The Kier molecular flexibility index (Phi) is 5.15. The van der Waals surface area contributed by atoms with Crippen molar-refractivity contribution in [3.8, 4) is 0 Å². The number of anilines is 1. The Morgan fingerprint density at radius 1 is 1.21 bits per heavy atom. The van der Waals surface area contributed by atoms with Gasteiger partial charge in [-0.05, 0) is 50.1 Å². The summed E-state index contributed by atoms with van der Waals surface area (Å²) in [6.45, 7) is 2.95. The van der Waals surface area contributed by atoms with Gasteiger partial charge >= 0.3 is 0 Å². The molecule has 0 spiro atoms. The number of Topliss-reactive ketones (excluding diaryl/α,β-unsaturated/α-hetero) is 1. The van der Waals surface area contributed by atoms with Gasteiger partial charge in [-0.3, -0.25) is 14.2 Å². The van der Waals surface area contributed by atoms with Crippen molar-refractivity contribution >= 4 is 34.0 Å². The summed E-state index contributed by atoms with van der Waals surface area (Å²) in [4.78, 5) is 31.1. The van der Waals surface area contributed by atoms with Crippen LogP contribution in [0.5, 0.6) is 0 Å². The van der Waals surface area contributed by atoms with Crippen molar-refractivity contribution in [2.45, 2.75) is 31.9 Å². The SMILES string of the molecule is CC(=O)c1ccccc1N1CCC(O)(Cn2cnc3cc(Cl)ccc3c2=O)CC1. The maximum atomic E-state index is 12.8. The third-order valence-corrected chi connectivity index (χ3v) is 5.81. The van der Waals surface area contributed by atoms with Crippen LogP contribution in [0.1, 0.15) is 30.1 Å². The lowest BCUT2D eigenvalue weighted by atomic mass is 9.90. The van der Waals surface area contributed by atoms with Crippen LogP contribution in [0.15, 0.2) is 53.6 Å². The van der Waals surface area contributed by atoms with E-state index in [4.69, 9.17) is 11.6 Å². The zero-order valence-corrected chi connectivity index (χ0v) is 16.9. The van der Waals surface area contributed by atoms with E-state index in [1.165, 1.54) is 10.9 Å². The van der Waals surface area contributed by atoms with Gasteiger partial charge in [0.1, 0.15) is 0 Å². The molecule has 0 amide bonds. The lowest BCUT2D eigenvalue weighted by molar-refractivity contribution is -0.00101. The Bertz CT molecular complexity index is 1130. The van der Waals surface area contributed by atoms with Crippen molar-refractivity contribution in [2.24, 2.45) is 0 Å². The molecule has 0 radical (unpaired) electrons. The third kappa shape index (κ3) is 3.91. The topological polar surface area (TPSA) is 75.4 Å². The monoisotopic (exact) mass is 411 g/mol. The van der Waals surface area contributed by atoms with Crippen LogP contribution in [0, 0.1) is 0 Å². The van der Waals surface area contributed by atoms with Gasteiger partial charge in [0.15, 0.2) is 5.78 Å². The predicted octanol–water partition coefficient (Wildman–Crippen LogP) is 3.28. The molecule has 0 bridgehead atoms. The Morgan fingerprint density at radius 2 is 1.93 bits per heavy atom. The number of carbonyl (C=O) groups is 1. The van der Waals surface area contributed by atoms with Gasteiger partial charge in [-0.2, -0.15) is 0 Å². The van der Waals surface area contributed by atoms with Crippen molar-refractivity contribution in [1.29, 1.82) is 0 Å². The summed E-state index contributed by atoms with van der Waals surface area (Å²) < 4.78 is 1.47. The van der Waals surface area contributed by atoms with Crippen LogP contribution in [0.2, 0.25) is 5.02 Å². The second kappa shape index (κ2) is 7.61. The summed E-state index contributed by atoms with van der Waals surface area (Å²) in [7, 11) is 0. The van der Waals surface area contributed by atoms with Crippen molar-refractivity contribution in [2.75, 3.05) is 18.0 Å². The van der Waals surface area contributed by atoms with Crippen LogP contribution in [-0.2, 0) is 6.54 Å². The molecule has 0 saturated carbocycles. The molecular formula is C22H22ClN3O3. The molecule has 1 saturated heterocycles. The first-order chi connectivity index (χ1) is 13.9. The van der Waals surface area contributed by atoms with E-state index < -0.39 is 5.60 Å². The van der Waals surface area contributed by atoms with E-state index >= 15 is 0 Å². The highest BCUT2D eigenvalue weighted by Crippen LogP contribution is 2.30. The van der Waals surface area contributed by atoms with Crippen LogP contribution in [-0.4, -0.2) is 39.1 Å². The van der Waals surface area contributed by atoms with E-state index in [0.29, 0.717) is 47.4 Å². The first-order valence-electron chi connectivity index (χ1n) is 9.58. The number of aliphatic hydroxyl groups is 1. The fourth-order valence-corrected chi connectivity index (χ4v) is 4.10. The van der Waals surface area contributed by atoms with Crippen molar-refractivity contribution in [3.63, 3.8) is 0 Å². The molecule has 1 aliphatic heterocycles. The standard InChI is InChI=1S/C22H22ClN3O3/c1-15(27)17-4-2-3-5-20(17)25-10-8-22(29,9-11-25)13-26-14-24-19-12-16(23)6-7-18(19)21(26)28/h2-7,12,14,29H,8-11,13H2,1H3. The van der Waals surface area contributed by atoms with Gasteiger partial charge < -0.3 is 10.0 Å². The molecule has 1 N–H and O–H groups in total. The van der Waals surface area contributed by atoms with E-state index in [-0.39, 0.29) is 17.9 Å². The van der Waals surface area contributed by atoms with Crippen LogP contribution in [0.25, 0.3) is 10.9 Å². The summed E-state index contributed by atoms with van der Waals surface area (Å²) in [6.07, 6.45) is 2.45. The van der Waals surface area contributed by atoms with E-state index in [2.05, 4.69) is 9.88 Å². The molecule has 150 valence electrons. The summed E-state index contributed by atoms with van der Waals surface area (Å²) >= 11 is 5.97. The first kappa shape index (κ1) is 19.6. The van der Waals surface area contributed by atoms with Crippen LogP contribution >= 0.6 is 11.6 Å². The molecule has 1 fully saturated rings.